The molecule has 0 saturated carbocycles. The second kappa shape index (κ2) is 9.41. The van der Waals surface area contributed by atoms with E-state index in [1.165, 1.54) is 12.1 Å². The highest BCUT2D eigenvalue weighted by atomic mass is 19.4. The summed E-state index contributed by atoms with van der Waals surface area (Å²) < 4.78 is 38.1. The van der Waals surface area contributed by atoms with Crippen molar-refractivity contribution in [2.75, 3.05) is 25.5 Å². The molecule has 0 aliphatic heterocycles. The van der Waals surface area contributed by atoms with Gasteiger partial charge in [0.05, 0.1) is 12.1 Å². The minimum Gasteiger partial charge on any atom is -0.376 e. The smallest absolute Gasteiger partial charge is 0.376 e. The van der Waals surface area contributed by atoms with Gasteiger partial charge in [-0.15, -0.1) is 0 Å². The second-order valence-electron chi connectivity index (χ2n) is 6.36. The van der Waals surface area contributed by atoms with Crippen molar-refractivity contribution in [3.8, 4) is 0 Å². The molecule has 146 valence electrons. The first-order valence-electron chi connectivity index (χ1n) is 8.72. The summed E-state index contributed by atoms with van der Waals surface area (Å²) in [6.45, 7) is 4.13. The summed E-state index contributed by atoms with van der Waals surface area (Å²) in [6, 6.07) is 12.7. The molecule has 0 unspecified atom stereocenters. The number of carbonyl (C=O) groups excluding carboxylic acids is 1. The molecule has 4 nitrogen and oxygen atoms in total. The van der Waals surface area contributed by atoms with Crippen molar-refractivity contribution >= 4 is 11.6 Å². The Morgan fingerprint density at radius 2 is 1.78 bits per heavy atom. The first-order valence-corrected chi connectivity index (χ1v) is 8.72. The average molecular weight is 379 g/mol. The molecule has 2 aromatic rings. The zero-order valence-corrected chi connectivity index (χ0v) is 15.4. The summed E-state index contributed by atoms with van der Waals surface area (Å²) in [5, 5.41) is 5.49. The van der Waals surface area contributed by atoms with E-state index in [4.69, 9.17) is 0 Å². The van der Waals surface area contributed by atoms with E-state index in [0.29, 0.717) is 6.54 Å². The molecule has 0 radical (unpaired) electrons. The highest BCUT2D eigenvalue weighted by Crippen LogP contribution is 2.30. The molecular weight excluding hydrogens is 355 g/mol. The molecular formula is C20H24F3N3O. The van der Waals surface area contributed by atoms with Crippen LogP contribution in [0, 0.1) is 0 Å². The Morgan fingerprint density at radius 1 is 1.07 bits per heavy atom. The van der Waals surface area contributed by atoms with Crippen molar-refractivity contribution in [3.63, 3.8) is 0 Å². The number of hydrogen-bond donors (Lipinski definition) is 2. The van der Waals surface area contributed by atoms with Gasteiger partial charge in [0.2, 0.25) is 5.91 Å². The summed E-state index contributed by atoms with van der Waals surface area (Å²) in [4.78, 5) is 14.2. The van der Waals surface area contributed by atoms with Crippen LogP contribution in [0.5, 0.6) is 0 Å². The lowest BCUT2D eigenvalue weighted by molar-refractivity contribution is -0.137. The summed E-state index contributed by atoms with van der Waals surface area (Å²) in [7, 11) is 2.04. The van der Waals surface area contributed by atoms with Crippen LogP contribution < -0.4 is 10.6 Å². The number of benzene rings is 2. The number of rotatable bonds is 8. The Kier molecular flexibility index (Phi) is 7.24. The zero-order valence-electron chi connectivity index (χ0n) is 15.4. The van der Waals surface area contributed by atoms with E-state index in [-0.39, 0.29) is 18.1 Å². The third-order valence-electron chi connectivity index (χ3n) is 4.12. The van der Waals surface area contributed by atoms with Crippen LogP contribution in [0.3, 0.4) is 0 Å². The van der Waals surface area contributed by atoms with Gasteiger partial charge in [-0.3, -0.25) is 4.79 Å². The SMILES string of the molecule is CCN(C)Cc1cccc(CNC(=O)CNc2cccc(C(F)(F)F)c2)c1. The molecule has 0 atom stereocenters. The third kappa shape index (κ3) is 6.94. The van der Waals surface area contributed by atoms with Crippen molar-refractivity contribution in [1.29, 1.82) is 0 Å². The number of amides is 1. The van der Waals surface area contributed by atoms with E-state index in [0.717, 1.165) is 36.3 Å². The van der Waals surface area contributed by atoms with E-state index < -0.39 is 11.7 Å². The number of nitrogens with one attached hydrogen (secondary N) is 2. The molecule has 0 aromatic heterocycles. The van der Waals surface area contributed by atoms with Crippen molar-refractivity contribution in [3.05, 3.63) is 65.2 Å². The predicted octanol–water partition coefficient (Wildman–Crippen LogP) is 3.89. The monoisotopic (exact) mass is 379 g/mol. The van der Waals surface area contributed by atoms with Crippen LogP contribution in [0.1, 0.15) is 23.6 Å². The first-order chi connectivity index (χ1) is 12.8. The van der Waals surface area contributed by atoms with Crippen LogP contribution in [0.2, 0.25) is 0 Å². The van der Waals surface area contributed by atoms with Gasteiger partial charge in [0, 0.05) is 18.8 Å². The van der Waals surface area contributed by atoms with Gasteiger partial charge >= 0.3 is 6.18 Å². The van der Waals surface area contributed by atoms with Crippen molar-refractivity contribution in [2.45, 2.75) is 26.2 Å². The highest BCUT2D eigenvalue weighted by molar-refractivity contribution is 5.80. The Labute approximate surface area is 157 Å². The lowest BCUT2D eigenvalue weighted by Crippen LogP contribution is -2.29. The number of anilines is 1. The normalized spacial score (nSPS) is 11.5. The Bertz CT molecular complexity index is 762. The van der Waals surface area contributed by atoms with Gasteiger partial charge in [-0.2, -0.15) is 13.2 Å². The van der Waals surface area contributed by atoms with Crippen LogP contribution in [0.15, 0.2) is 48.5 Å². The van der Waals surface area contributed by atoms with Crippen LogP contribution in [-0.2, 0) is 24.1 Å². The molecule has 2 N–H and O–H groups in total. The van der Waals surface area contributed by atoms with Gasteiger partial charge in [-0.1, -0.05) is 37.3 Å². The molecule has 0 fully saturated rings. The van der Waals surface area contributed by atoms with Gasteiger partial charge in [0.15, 0.2) is 0 Å². The van der Waals surface area contributed by atoms with Crippen LogP contribution in [0.25, 0.3) is 0 Å². The fourth-order valence-electron chi connectivity index (χ4n) is 2.51. The summed E-state index contributed by atoms with van der Waals surface area (Å²) in [5.74, 6) is -0.288. The maximum atomic E-state index is 12.7. The second-order valence-corrected chi connectivity index (χ2v) is 6.36. The molecule has 0 spiro atoms. The van der Waals surface area contributed by atoms with Crippen LogP contribution in [0.4, 0.5) is 18.9 Å². The number of carbonyl (C=O) groups is 1. The van der Waals surface area contributed by atoms with Gasteiger partial charge < -0.3 is 15.5 Å². The van der Waals surface area contributed by atoms with E-state index >= 15 is 0 Å². The molecule has 27 heavy (non-hydrogen) atoms. The molecule has 0 saturated heterocycles. The maximum absolute atomic E-state index is 12.7. The Hall–Kier alpha value is -2.54. The molecule has 0 aliphatic carbocycles. The molecule has 0 bridgehead atoms. The van der Waals surface area contributed by atoms with Crippen molar-refractivity contribution in [1.82, 2.24) is 10.2 Å². The molecule has 2 aromatic carbocycles. The number of nitrogens with zero attached hydrogens (tertiary/aromatic N) is 1. The predicted molar refractivity (Wildman–Crippen MR) is 100 cm³/mol. The molecule has 0 aliphatic rings. The number of alkyl halides is 3. The lowest BCUT2D eigenvalue weighted by atomic mass is 10.1. The number of hydrogen-bond acceptors (Lipinski definition) is 3. The lowest BCUT2D eigenvalue weighted by Gasteiger charge is -2.14. The zero-order chi connectivity index (χ0) is 19.9. The summed E-state index contributed by atoms with van der Waals surface area (Å²) in [6.07, 6.45) is -4.41. The summed E-state index contributed by atoms with van der Waals surface area (Å²) in [5.41, 5.74) is 1.64. The highest BCUT2D eigenvalue weighted by Gasteiger charge is 2.30. The van der Waals surface area contributed by atoms with Gasteiger partial charge in [-0.25, -0.2) is 0 Å². The Balaban J connectivity index is 1.84. The van der Waals surface area contributed by atoms with Crippen LogP contribution in [-0.4, -0.2) is 30.9 Å². The Morgan fingerprint density at radius 3 is 2.48 bits per heavy atom. The minimum atomic E-state index is -4.41. The fourth-order valence-corrected chi connectivity index (χ4v) is 2.51. The quantitative estimate of drug-likeness (QED) is 0.732. The van der Waals surface area contributed by atoms with Gasteiger partial charge in [0.1, 0.15) is 0 Å². The van der Waals surface area contributed by atoms with Crippen LogP contribution >= 0.6 is 0 Å². The van der Waals surface area contributed by atoms with E-state index in [9.17, 15) is 18.0 Å². The molecule has 1 amide bonds. The van der Waals surface area contributed by atoms with Crippen molar-refractivity contribution < 1.29 is 18.0 Å². The van der Waals surface area contributed by atoms with E-state index in [2.05, 4.69) is 22.5 Å². The summed E-state index contributed by atoms with van der Waals surface area (Å²) >= 11 is 0. The standard InChI is InChI=1S/C20H24F3N3O/c1-3-26(2)14-16-7-4-6-15(10-16)12-25-19(27)13-24-18-9-5-8-17(11-18)20(21,22)23/h4-11,24H,3,12-14H2,1-2H3,(H,25,27). The van der Waals surface area contributed by atoms with E-state index in [1.54, 1.807) is 0 Å². The van der Waals surface area contributed by atoms with Gasteiger partial charge in [0.25, 0.3) is 0 Å². The first kappa shape index (κ1) is 20.8. The van der Waals surface area contributed by atoms with Crippen molar-refractivity contribution in [2.24, 2.45) is 0 Å². The molecule has 0 heterocycles. The average Bonchev–Trinajstić information content (AvgIpc) is 2.64. The maximum Gasteiger partial charge on any atom is 0.416 e. The molecule has 2 rings (SSSR count). The minimum absolute atomic E-state index is 0.0976. The largest absolute Gasteiger partial charge is 0.416 e. The van der Waals surface area contributed by atoms with Gasteiger partial charge in [-0.05, 0) is 42.9 Å². The third-order valence-corrected chi connectivity index (χ3v) is 4.12. The number of halogens is 3. The topological polar surface area (TPSA) is 44.4 Å². The van der Waals surface area contributed by atoms with E-state index in [1.807, 2.05) is 31.3 Å². The fraction of sp³-hybridized carbons (Fsp3) is 0.350. The molecule has 7 heteroatoms.